The van der Waals surface area contributed by atoms with Crippen LogP contribution in [0.4, 0.5) is 0 Å². The molecule has 6 nitrogen and oxygen atoms in total. The van der Waals surface area contributed by atoms with Crippen LogP contribution in [0.15, 0.2) is 40.5 Å². The van der Waals surface area contributed by atoms with Crippen molar-refractivity contribution in [3.8, 4) is 0 Å². The maximum atomic E-state index is 12.7. The SMILES string of the molecule is Cc1ccc(Cn2c(C3CCN(C(=O)c4sccc4C)CC3)n[nH]c2=O)cc1. The van der Waals surface area contributed by atoms with Crippen molar-refractivity contribution in [3.63, 3.8) is 0 Å². The van der Waals surface area contributed by atoms with Gasteiger partial charge in [0.15, 0.2) is 0 Å². The fraction of sp³-hybridized carbons (Fsp3) is 0.381. The van der Waals surface area contributed by atoms with E-state index in [9.17, 15) is 9.59 Å². The van der Waals surface area contributed by atoms with Crippen LogP contribution in [0.2, 0.25) is 0 Å². The van der Waals surface area contributed by atoms with Gasteiger partial charge < -0.3 is 4.90 Å². The summed E-state index contributed by atoms with van der Waals surface area (Å²) in [6.45, 7) is 5.91. The van der Waals surface area contributed by atoms with Crippen molar-refractivity contribution in [2.24, 2.45) is 0 Å². The summed E-state index contributed by atoms with van der Waals surface area (Å²) in [5.74, 6) is 1.09. The molecule has 146 valence electrons. The highest BCUT2D eigenvalue weighted by Crippen LogP contribution is 2.28. The third-order valence-corrected chi connectivity index (χ3v) is 6.46. The van der Waals surface area contributed by atoms with Gasteiger partial charge in [0.25, 0.3) is 5.91 Å². The molecule has 0 bridgehead atoms. The highest BCUT2D eigenvalue weighted by Gasteiger charge is 2.29. The van der Waals surface area contributed by atoms with Crippen LogP contribution in [-0.4, -0.2) is 38.7 Å². The van der Waals surface area contributed by atoms with Gasteiger partial charge in [-0.2, -0.15) is 5.10 Å². The highest BCUT2D eigenvalue weighted by molar-refractivity contribution is 7.12. The minimum Gasteiger partial charge on any atom is -0.338 e. The van der Waals surface area contributed by atoms with Gasteiger partial charge in [-0.05, 0) is 49.3 Å². The summed E-state index contributed by atoms with van der Waals surface area (Å²) in [5.41, 5.74) is 3.14. The second-order valence-electron chi connectivity index (χ2n) is 7.46. The zero-order chi connectivity index (χ0) is 19.7. The molecule has 0 saturated carbocycles. The predicted octanol–water partition coefficient (Wildman–Crippen LogP) is 3.32. The first-order valence-corrected chi connectivity index (χ1v) is 10.4. The largest absolute Gasteiger partial charge is 0.343 e. The summed E-state index contributed by atoms with van der Waals surface area (Å²) in [6.07, 6.45) is 1.63. The highest BCUT2D eigenvalue weighted by atomic mass is 32.1. The van der Waals surface area contributed by atoms with Crippen LogP contribution in [0.25, 0.3) is 0 Å². The maximum absolute atomic E-state index is 12.7. The molecule has 0 spiro atoms. The van der Waals surface area contributed by atoms with Gasteiger partial charge in [-0.1, -0.05) is 29.8 Å². The van der Waals surface area contributed by atoms with E-state index in [0.29, 0.717) is 19.6 Å². The first-order valence-electron chi connectivity index (χ1n) is 9.57. The van der Waals surface area contributed by atoms with Gasteiger partial charge in [-0.25, -0.2) is 9.89 Å². The molecule has 1 N–H and O–H groups in total. The third-order valence-electron chi connectivity index (χ3n) is 5.45. The standard InChI is InChI=1S/C21H24N4O2S/c1-14-3-5-16(6-4-14)13-25-19(22-23-21(25)27)17-7-10-24(11-8-17)20(26)18-15(2)9-12-28-18/h3-6,9,12,17H,7-8,10-11,13H2,1-2H3,(H,23,27). The Hall–Kier alpha value is -2.67. The topological polar surface area (TPSA) is 71.0 Å². The number of carbonyl (C=O) groups is 1. The molecule has 1 fully saturated rings. The number of hydrogen-bond acceptors (Lipinski definition) is 4. The normalized spacial score (nSPS) is 15.1. The van der Waals surface area contributed by atoms with Crippen molar-refractivity contribution < 1.29 is 4.79 Å². The van der Waals surface area contributed by atoms with Crippen LogP contribution >= 0.6 is 11.3 Å². The van der Waals surface area contributed by atoms with Gasteiger partial charge in [0.05, 0.1) is 11.4 Å². The molecule has 0 radical (unpaired) electrons. The van der Waals surface area contributed by atoms with Gasteiger partial charge in [-0.3, -0.25) is 9.36 Å². The monoisotopic (exact) mass is 396 g/mol. The number of aryl methyl sites for hydroxylation is 2. The molecule has 3 heterocycles. The number of hydrogen-bond donors (Lipinski definition) is 1. The summed E-state index contributed by atoms with van der Waals surface area (Å²) in [7, 11) is 0. The van der Waals surface area contributed by atoms with E-state index in [4.69, 9.17) is 0 Å². The van der Waals surface area contributed by atoms with E-state index in [1.165, 1.54) is 16.9 Å². The van der Waals surface area contributed by atoms with Crippen molar-refractivity contribution in [2.75, 3.05) is 13.1 Å². The Bertz CT molecular complexity index is 1020. The Labute approximate surface area is 167 Å². The number of carbonyl (C=O) groups excluding carboxylic acids is 1. The molecule has 2 aromatic heterocycles. The van der Waals surface area contributed by atoms with E-state index in [-0.39, 0.29) is 17.5 Å². The smallest absolute Gasteiger partial charge is 0.338 e. The number of aromatic amines is 1. The molecule has 1 aliphatic rings. The average Bonchev–Trinajstić information content (AvgIpc) is 3.29. The molecule has 28 heavy (non-hydrogen) atoms. The van der Waals surface area contributed by atoms with Crippen LogP contribution in [0, 0.1) is 13.8 Å². The van der Waals surface area contributed by atoms with Crippen LogP contribution in [0.1, 0.15) is 50.9 Å². The van der Waals surface area contributed by atoms with E-state index >= 15 is 0 Å². The summed E-state index contributed by atoms with van der Waals surface area (Å²) < 4.78 is 1.73. The van der Waals surface area contributed by atoms with Gasteiger partial charge in [0, 0.05) is 19.0 Å². The van der Waals surface area contributed by atoms with Crippen molar-refractivity contribution in [1.29, 1.82) is 0 Å². The van der Waals surface area contributed by atoms with Gasteiger partial charge in [-0.15, -0.1) is 11.3 Å². The summed E-state index contributed by atoms with van der Waals surface area (Å²) in [4.78, 5) is 27.8. The maximum Gasteiger partial charge on any atom is 0.343 e. The number of piperidine rings is 1. The molecule has 1 saturated heterocycles. The van der Waals surface area contributed by atoms with Gasteiger partial charge >= 0.3 is 5.69 Å². The van der Waals surface area contributed by atoms with Crippen molar-refractivity contribution in [3.05, 3.63) is 73.6 Å². The molecule has 0 unspecified atom stereocenters. The summed E-state index contributed by atoms with van der Waals surface area (Å²) in [5, 5.41) is 8.88. The lowest BCUT2D eigenvalue weighted by atomic mass is 9.95. The van der Waals surface area contributed by atoms with Gasteiger partial charge in [0.1, 0.15) is 5.82 Å². The first-order chi connectivity index (χ1) is 13.5. The number of aromatic nitrogens is 3. The number of nitrogens with zero attached hydrogens (tertiary/aromatic N) is 3. The Balaban J connectivity index is 1.46. The Morgan fingerprint density at radius 3 is 2.54 bits per heavy atom. The number of nitrogens with one attached hydrogen (secondary N) is 1. The molecule has 0 atom stereocenters. The van der Waals surface area contributed by atoms with E-state index < -0.39 is 0 Å². The molecule has 4 rings (SSSR count). The number of amides is 1. The first kappa shape index (κ1) is 18.7. The lowest BCUT2D eigenvalue weighted by Gasteiger charge is -2.31. The average molecular weight is 397 g/mol. The molecular weight excluding hydrogens is 372 g/mol. The Morgan fingerprint density at radius 1 is 1.18 bits per heavy atom. The van der Waals surface area contributed by atoms with Crippen molar-refractivity contribution in [2.45, 2.75) is 39.2 Å². The zero-order valence-electron chi connectivity index (χ0n) is 16.1. The molecule has 7 heteroatoms. The molecule has 1 aliphatic heterocycles. The number of thiophene rings is 1. The van der Waals surface area contributed by atoms with Crippen LogP contribution in [-0.2, 0) is 6.54 Å². The van der Waals surface area contributed by atoms with Crippen LogP contribution < -0.4 is 5.69 Å². The minimum absolute atomic E-state index is 0.116. The lowest BCUT2D eigenvalue weighted by molar-refractivity contribution is 0.0714. The second kappa shape index (κ2) is 7.75. The van der Waals surface area contributed by atoms with Crippen molar-refractivity contribution >= 4 is 17.2 Å². The number of benzene rings is 1. The Kier molecular flexibility index (Phi) is 5.17. The summed E-state index contributed by atoms with van der Waals surface area (Å²) >= 11 is 1.50. The molecule has 1 aromatic carbocycles. The minimum atomic E-state index is -0.178. The molecule has 3 aromatic rings. The molecular formula is C21H24N4O2S. The van der Waals surface area contributed by atoms with E-state index in [1.54, 1.807) is 4.57 Å². The molecule has 1 amide bonds. The zero-order valence-corrected chi connectivity index (χ0v) is 17.0. The van der Waals surface area contributed by atoms with Crippen LogP contribution in [0.3, 0.4) is 0 Å². The Morgan fingerprint density at radius 2 is 1.89 bits per heavy atom. The number of H-pyrrole nitrogens is 1. The number of rotatable bonds is 4. The fourth-order valence-electron chi connectivity index (χ4n) is 3.75. The van der Waals surface area contributed by atoms with Crippen molar-refractivity contribution in [1.82, 2.24) is 19.7 Å². The van der Waals surface area contributed by atoms with Gasteiger partial charge in [0.2, 0.25) is 0 Å². The second-order valence-corrected chi connectivity index (χ2v) is 8.37. The van der Waals surface area contributed by atoms with E-state index in [2.05, 4.69) is 22.3 Å². The molecule has 0 aliphatic carbocycles. The predicted molar refractivity (Wildman–Crippen MR) is 110 cm³/mol. The quantitative estimate of drug-likeness (QED) is 0.735. The number of likely N-dealkylation sites (tertiary alicyclic amines) is 1. The van der Waals surface area contributed by atoms with E-state index in [0.717, 1.165) is 34.7 Å². The van der Waals surface area contributed by atoms with E-state index in [1.807, 2.05) is 42.3 Å². The summed E-state index contributed by atoms with van der Waals surface area (Å²) in [6, 6.07) is 10.2. The lowest BCUT2D eigenvalue weighted by Crippen LogP contribution is -2.38. The van der Waals surface area contributed by atoms with Crippen LogP contribution in [0.5, 0.6) is 0 Å². The fourth-order valence-corrected chi connectivity index (χ4v) is 4.64. The third kappa shape index (κ3) is 3.67.